The lowest BCUT2D eigenvalue weighted by atomic mass is 10.1. The van der Waals surface area contributed by atoms with Crippen LogP contribution in [0.25, 0.3) is 11.0 Å². The first kappa shape index (κ1) is 20.4. The van der Waals surface area contributed by atoms with E-state index in [1.54, 1.807) is 13.2 Å². The number of nitrogens with zero attached hydrogens (tertiary/aromatic N) is 2. The van der Waals surface area contributed by atoms with Crippen LogP contribution in [-0.4, -0.2) is 55.5 Å². The van der Waals surface area contributed by atoms with Crippen LogP contribution in [0.4, 0.5) is 0 Å². The Bertz CT molecular complexity index is 989. The van der Waals surface area contributed by atoms with Crippen LogP contribution in [-0.2, 0) is 13.1 Å². The molecule has 30 heavy (non-hydrogen) atoms. The largest absolute Gasteiger partial charge is 0.493 e. The van der Waals surface area contributed by atoms with Crippen molar-refractivity contribution in [2.24, 2.45) is 0 Å². The number of hydrogen-bond donors (Lipinski definition) is 1. The van der Waals surface area contributed by atoms with Crippen molar-refractivity contribution in [3.8, 4) is 5.75 Å². The predicted molar refractivity (Wildman–Crippen MR) is 118 cm³/mol. The van der Waals surface area contributed by atoms with Crippen molar-refractivity contribution in [3.63, 3.8) is 0 Å². The zero-order valence-corrected chi connectivity index (χ0v) is 17.7. The van der Waals surface area contributed by atoms with Gasteiger partial charge in [0.15, 0.2) is 17.1 Å². The molecule has 0 bridgehead atoms. The molecule has 1 fully saturated rings. The molecule has 0 radical (unpaired) electrons. The Hall–Kier alpha value is -2.83. The van der Waals surface area contributed by atoms with Crippen LogP contribution in [0.15, 0.2) is 52.9 Å². The average Bonchev–Trinajstić information content (AvgIpc) is 3.23. The van der Waals surface area contributed by atoms with Gasteiger partial charge in [-0.25, -0.2) is 0 Å². The molecule has 2 aromatic carbocycles. The lowest BCUT2D eigenvalue weighted by molar-refractivity contribution is 0.0925. The zero-order chi connectivity index (χ0) is 20.9. The number of piperazine rings is 1. The summed E-state index contributed by atoms with van der Waals surface area (Å²) < 4.78 is 11.0. The van der Waals surface area contributed by atoms with Gasteiger partial charge in [-0.1, -0.05) is 43.3 Å². The van der Waals surface area contributed by atoms with Crippen molar-refractivity contribution in [1.29, 1.82) is 0 Å². The molecule has 1 N–H and O–H groups in total. The predicted octanol–water partition coefficient (Wildman–Crippen LogP) is 3.51. The van der Waals surface area contributed by atoms with Gasteiger partial charge in [0, 0.05) is 44.7 Å². The molecule has 0 atom stereocenters. The number of methoxy groups -OCH3 is 1. The van der Waals surface area contributed by atoms with Gasteiger partial charge in [-0.05, 0) is 29.8 Å². The van der Waals surface area contributed by atoms with Crippen molar-refractivity contribution in [2.45, 2.75) is 20.0 Å². The van der Waals surface area contributed by atoms with Gasteiger partial charge in [-0.15, -0.1) is 0 Å². The first-order valence-electron chi connectivity index (χ1n) is 10.5. The molecule has 0 saturated carbocycles. The minimum Gasteiger partial charge on any atom is -0.493 e. The number of furan rings is 1. The highest BCUT2D eigenvalue weighted by Crippen LogP contribution is 2.28. The van der Waals surface area contributed by atoms with E-state index >= 15 is 0 Å². The number of para-hydroxylation sites is 1. The van der Waals surface area contributed by atoms with Gasteiger partial charge in [0.05, 0.1) is 7.11 Å². The average molecular weight is 408 g/mol. The maximum atomic E-state index is 12.5. The molecule has 6 nitrogen and oxygen atoms in total. The number of likely N-dealkylation sites (N-methyl/N-ethyl adjacent to an activating group) is 1. The van der Waals surface area contributed by atoms with E-state index in [9.17, 15) is 4.79 Å². The van der Waals surface area contributed by atoms with E-state index in [0.29, 0.717) is 17.9 Å². The van der Waals surface area contributed by atoms with E-state index in [4.69, 9.17) is 9.15 Å². The smallest absolute Gasteiger partial charge is 0.287 e. The van der Waals surface area contributed by atoms with E-state index in [0.717, 1.165) is 50.2 Å². The maximum absolute atomic E-state index is 12.5. The number of ether oxygens (including phenoxy) is 1. The summed E-state index contributed by atoms with van der Waals surface area (Å²) in [7, 11) is 1.59. The monoisotopic (exact) mass is 407 g/mol. The minimum absolute atomic E-state index is 0.230. The summed E-state index contributed by atoms with van der Waals surface area (Å²) in [4.78, 5) is 17.5. The van der Waals surface area contributed by atoms with Gasteiger partial charge in [-0.3, -0.25) is 9.69 Å². The molecule has 4 rings (SSSR count). The van der Waals surface area contributed by atoms with E-state index in [2.05, 4.69) is 46.3 Å². The van der Waals surface area contributed by atoms with Crippen LogP contribution in [0.5, 0.6) is 5.75 Å². The molecule has 6 heteroatoms. The molecule has 0 spiro atoms. The third-order valence-electron chi connectivity index (χ3n) is 5.75. The lowest BCUT2D eigenvalue weighted by Gasteiger charge is -2.34. The molecule has 0 aliphatic carbocycles. The second kappa shape index (κ2) is 9.32. The number of nitrogens with one attached hydrogen (secondary N) is 1. The third-order valence-corrected chi connectivity index (χ3v) is 5.75. The van der Waals surface area contributed by atoms with Crippen molar-refractivity contribution in [2.75, 3.05) is 39.8 Å². The molecule has 1 aliphatic rings. The van der Waals surface area contributed by atoms with Crippen molar-refractivity contribution < 1.29 is 13.9 Å². The van der Waals surface area contributed by atoms with Gasteiger partial charge >= 0.3 is 0 Å². The Morgan fingerprint density at radius 1 is 1.03 bits per heavy atom. The number of rotatable bonds is 7. The van der Waals surface area contributed by atoms with Crippen LogP contribution in [0.1, 0.15) is 28.6 Å². The Morgan fingerprint density at radius 3 is 2.43 bits per heavy atom. The van der Waals surface area contributed by atoms with Crippen LogP contribution >= 0.6 is 0 Å². The van der Waals surface area contributed by atoms with Crippen LogP contribution < -0.4 is 10.1 Å². The summed E-state index contributed by atoms with van der Waals surface area (Å²) in [6, 6.07) is 15.8. The zero-order valence-electron chi connectivity index (χ0n) is 17.7. The normalized spacial score (nSPS) is 15.4. The lowest BCUT2D eigenvalue weighted by Crippen LogP contribution is -2.45. The van der Waals surface area contributed by atoms with Crippen molar-refractivity contribution in [1.82, 2.24) is 15.1 Å². The summed E-state index contributed by atoms with van der Waals surface area (Å²) in [6.07, 6.45) is 0. The first-order valence-corrected chi connectivity index (χ1v) is 10.5. The van der Waals surface area contributed by atoms with Gasteiger partial charge in [-0.2, -0.15) is 0 Å². The molecular formula is C24H29N3O3. The molecule has 3 aromatic rings. The van der Waals surface area contributed by atoms with Gasteiger partial charge in [0.2, 0.25) is 0 Å². The minimum atomic E-state index is -0.230. The number of fused-ring (bicyclic) bond motifs is 1. The molecule has 1 amide bonds. The first-order chi connectivity index (χ1) is 14.7. The molecule has 1 aliphatic heterocycles. The fourth-order valence-electron chi connectivity index (χ4n) is 3.86. The Balaban J connectivity index is 1.31. The van der Waals surface area contributed by atoms with Gasteiger partial charge < -0.3 is 19.4 Å². The highest BCUT2D eigenvalue weighted by molar-refractivity contribution is 5.97. The third kappa shape index (κ3) is 4.66. The maximum Gasteiger partial charge on any atom is 0.287 e. The highest BCUT2D eigenvalue weighted by Gasteiger charge is 2.16. The molecule has 2 heterocycles. The topological polar surface area (TPSA) is 58.0 Å². The Kier molecular flexibility index (Phi) is 6.35. The quantitative estimate of drug-likeness (QED) is 0.650. The molecule has 1 saturated heterocycles. The van der Waals surface area contributed by atoms with Crippen LogP contribution in [0.3, 0.4) is 0 Å². The van der Waals surface area contributed by atoms with Crippen molar-refractivity contribution in [3.05, 3.63) is 65.4 Å². The number of benzene rings is 2. The van der Waals surface area contributed by atoms with E-state index in [1.807, 2.05) is 18.2 Å². The molecule has 1 aromatic heterocycles. The van der Waals surface area contributed by atoms with E-state index < -0.39 is 0 Å². The number of carbonyl (C=O) groups is 1. The standard InChI is InChI=1S/C24H29N3O3/c1-3-26-11-13-27(14-12-26)17-19-9-7-18(8-10-19)16-25-24(28)22-15-20-5-4-6-21(29-2)23(20)30-22/h4-10,15H,3,11-14,16-17H2,1-2H3,(H,25,28). The summed E-state index contributed by atoms with van der Waals surface area (Å²) in [5.74, 6) is 0.682. The van der Waals surface area contributed by atoms with Crippen molar-refractivity contribution >= 4 is 16.9 Å². The highest BCUT2D eigenvalue weighted by atomic mass is 16.5. The Labute approximate surface area is 177 Å². The van der Waals surface area contributed by atoms with Crippen LogP contribution in [0.2, 0.25) is 0 Å². The Morgan fingerprint density at radius 2 is 1.73 bits per heavy atom. The number of carbonyl (C=O) groups excluding carboxylic acids is 1. The van der Waals surface area contributed by atoms with Gasteiger partial charge in [0.25, 0.3) is 5.91 Å². The second-order valence-corrected chi connectivity index (χ2v) is 7.70. The second-order valence-electron chi connectivity index (χ2n) is 7.70. The number of amides is 1. The summed E-state index contributed by atoms with van der Waals surface area (Å²) in [6.45, 7) is 9.33. The molecular weight excluding hydrogens is 378 g/mol. The number of hydrogen-bond acceptors (Lipinski definition) is 5. The van der Waals surface area contributed by atoms with E-state index in [1.165, 1.54) is 5.56 Å². The summed E-state index contributed by atoms with van der Waals surface area (Å²) in [5, 5.41) is 3.79. The van der Waals surface area contributed by atoms with Crippen LogP contribution in [0, 0.1) is 0 Å². The fraction of sp³-hybridized carbons (Fsp3) is 0.375. The molecule has 0 unspecified atom stereocenters. The SMILES string of the molecule is CCN1CCN(Cc2ccc(CNC(=O)c3cc4cccc(OC)c4o3)cc2)CC1. The molecule has 158 valence electrons. The van der Waals surface area contributed by atoms with Gasteiger partial charge in [0.1, 0.15) is 0 Å². The summed E-state index contributed by atoms with van der Waals surface area (Å²) in [5.41, 5.74) is 2.96. The summed E-state index contributed by atoms with van der Waals surface area (Å²) >= 11 is 0. The fourth-order valence-corrected chi connectivity index (χ4v) is 3.86. The van der Waals surface area contributed by atoms with E-state index in [-0.39, 0.29) is 11.7 Å².